The van der Waals surface area contributed by atoms with Crippen molar-refractivity contribution in [2.45, 2.75) is 49.2 Å². The molecule has 2 N–H and O–H groups in total. The fraction of sp³-hybridized carbons (Fsp3) is 0.750. The Morgan fingerprint density at radius 3 is 1.61 bits per heavy atom. The molecule has 1 aliphatic carbocycles. The largest absolute Gasteiger partial charge is 0.490 e. The van der Waals surface area contributed by atoms with Crippen LogP contribution in [-0.2, 0) is 23.9 Å². The molecule has 0 saturated heterocycles. The summed E-state index contributed by atoms with van der Waals surface area (Å²) in [6, 6.07) is 0. The van der Waals surface area contributed by atoms with E-state index in [0.29, 0.717) is 0 Å². The van der Waals surface area contributed by atoms with E-state index in [-0.39, 0.29) is 0 Å². The molecular formula is C12H9F9O7. The molecule has 0 heterocycles. The molecule has 0 aromatic carbocycles. The van der Waals surface area contributed by atoms with Crippen LogP contribution in [0.1, 0.15) is 12.8 Å². The lowest BCUT2D eigenvalue weighted by atomic mass is 9.74. The van der Waals surface area contributed by atoms with Crippen molar-refractivity contribution in [3.63, 3.8) is 0 Å². The fourth-order valence-corrected chi connectivity index (χ4v) is 2.41. The van der Waals surface area contributed by atoms with Gasteiger partial charge in [0.1, 0.15) is 6.10 Å². The SMILES string of the molecule is O=C(O[C@@H]1[C@H](C(F)(F)F)C[C@@](O)(C(=O)O)C[C@H]1OC(=O)C(F)(F)F)C(F)(F)F. The maximum absolute atomic E-state index is 13.2. The minimum atomic E-state index is -5.87. The first-order valence-electron chi connectivity index (χ1n) is 6.87. The Hall–Kier alpha value is -2.26. The first kappa shape index (κ1) is 23.8. The van der Waals surface area contributed by atoms with E-state index < -0.39 is 73.0 Å². The fourth-order valence-electron chi connectivity index (χ4n) is 2.41. The third-order valence-corrected chi connectivity index (χ3v) is 3.64. The molecule has 0 aromatic rings. The van der Waals surface area contributed by atoms with Gasteiger partial charge in [0.2, 0.25) is 0 Å². The summed E-state index contributed by atoms with van der Waals surface area (Å²) >= 11 is 0. The predicted octanol–water partition coefficient (Wildman–Crippen LogP) is 1.72. The molecule has 0 amide bonds. The molecule has 162 valence electrons. The molecule has 1 aliphatic rings. The molecule has 1 saturated carbocycles. The van der Waals surface area contributed by atoms with Crippen molar-refractivity contribution >= 4 is 17.9 Å². The molecule has 0 spiro atoms. The Morgan fingerprint density at radius 1 is 0.821 bits per heavy atom. The Labute approximate surface area is 148 Å². The van der Waals surface area contributed by atoms with Crippen LogP contribution < -0.4 is 0 Å². The zero-order valence-electron chi connectivity index (χ0n) is 13.0. The Kier molecular flexibility index (Phi) is 6.19. The van der Waals surface area contributed by atoms with Crippen LogP contribution in [0.3, 0.4) is 0 Å². The normalized spacial score (nSPS) is 29.1. The first-order chi connectivity index (χ1) is 12.3. The summed E-state index contributed by atoms with van der Waals surface area (Å²) in [4.78, 5) is 32.7. The number of hydrogen-bond donors (Lipinski definition) is 2. The van der Waals surface area contributed by atoms with Crippen LogP contribution in [0.15, 0.2) is 0 Å². The molecule has 1 fully saturated rings. The predicted molar refractivity (Wildman–Crippen MR) is 63.2 cm³/mol. The number of carbonyl (C=O) groups excluding carboxylic acids is 2. The van der Waals surface area contributed by atoms with Gasteiger partial charge in [0, 0.05) is 12.8 Å². The van der Waals surface area contributed by atoms with Crippen LogP contribution in [0.25, 0.3) is 0 Å². The third kappa shape index (κ3) is 5.39. The third-order valence-electron chi connectivity index (χ3n) is 3.64. The van der Waals surface area contributed by atoms with Crippen molar-refractivity contribution < 1.29 is 73.6 Å². The van der Waals surface area contributed by atoms with Crippen molar-refractivity contribution in [3.05, 3.63) is 0 Å². The molecule has 28 heavy (non-hydrogen) atoms. The van der Waals surface area contributed by atoms with Gasteiger partial charge >= 0.3 is 36.4 Å². The quantitative estimate of drug-likeness (QED) is 0.512. The van der Waals surface area contributed by atoms with Gasteiger partial charge in [0.15, 0.2) is 11.7 Å². The van der Waals surface area contributed by atoms with Gasteiger partial charge < -0.3 is 19.7 Å². The van der Waals surface area contributed by atoms with Crippen molar-refractivity contribution in [1.29, 1.82) is 0 Å². The molecule has 4 atom stereocenters. The molecule has 16 heteroatoms. The van der Waals surface area contributed by atoms with Gasteiger partial charge in [0.05, 0.1) is 5.92 Å². The number of hydrogen-bond acceptors (Lipinski definition) is 6. The van der Waals surface area contributed by atoms with E-state index >= 15 is 0 Å². The van der Waals surface area contributed by atoms with Crippen LogP contribution in [0, 0.1) is 5.92 Å². The lowest BCUT2D eigenvalue weighted by Gasteiger charge is -2.43. The van der Waals surface area contributed by atoms with Crippen molar-refractivity contribution in [1.82, 2.24) is 0 Å². The van der Waals surface area contributed by atoms with Gasteiger partial charge in [-0.1, -0.05) is 0 Å². The van der Waals surface area contributed by atoms with E-state index in [1.807, 2.05) is 0 Å². The van der Waals surface area contributed by atoms with Crippen LogP contribution in [-0.4, -0.2) is 64.5 Å². The average molecular weight is 436 g/mol. The number of esters is 2. The van der Waals surface area contributed by atoms with E-state index in [4.69, 9.17) is 5.11 Å². The summed E-state index contributed by atoms with van der Waals surface area (Å²) in [6.45, 7) is 0. The van der Waals surface area contributed by atoms with E-state index in [1.165, 1.54) is 0 Å². The Bertz CT molecular complexity index is 639. The highest BCUT2D eigenvalue weighted by Gasteiger charge is 2.62. The van der Waals surface area contributed by atoms with Crippen LogP contribution in [0.4, 0.5) is 39.5 Å². The lowest BCUT2D eigenvalue weighted by molar-refractivity contribution is -0.272. The zero-order chi connectivity index (χ0) is 22.3. The van der Waals surface area contributed by atoms with Crippen molar-refractivity contribution in [2.24, 2.45) is 5.92 Å². The summed E-state index contributed by atoms with van der Waals surface area (Å²) in [7, 11) is 0. The summed E-state index contributed by atoms with van der Waals surface area (Å²) < 4.78 is 120. The number of rotatable bonds is 3. The number of alkyl halides is 9. The van der Waals surface area contributed by atoms with Gasteiger partial charge in [-0.15, -0.1) is 0 Å². The van der Waals surface area contributed by atoms with Gasteiger partial charge in [-0.05, 0) is 0 Å². The summed E-state index contributed by atoms with van der Waals surface area (Å²) in [5, 5.41) is 18.6. The Morgan fingerprint density at radius 2 is 1.25 bits per heavy atom. The van der Waals surface area contributed by atoms with E-state index in [1.54, 1.807) is 0 Å². The summed E-state index contributed by atoms with van der Waals surface area (Å²) in [5.41, 5.74) is -3.43. The van der Waals surface area contributed by atoms with Gasteiger partial charge in [-0.3, -0.25) is 0 Å². The molecule has 1 rings (SSSR count). The monoisotopic (exact) mass is 436 g/mol. The molecule has 0 unspecified atom stereocenters. The smallest absolute Gasteiger partial charge is 0.479 e. The summed E-state index contributed by atoms with van der Waals surface area (Å²) in [5.74, 6) is -12.2. The number of carboxylic acids is 1. The number of carbonyl (C=O) groups is 3. The topological polar surface area (TPSA) is 110 Å². The number of ether oxygens (including phenoxy) is 2. The minimum absolute atomic E-state index is 1.70. The van der Waals surface area contributed by atoms with Crippen molar-refractivity contribution in [2.75, 3.05) is 0 Å². The van der Waals surface area contributed by atoms with Crippen LogP contribution in [0.2, 0.25) is 0 Å². The second kappa shape index (κ2) is 7.29. The maximum atomic E-state index is 13.2. The molecule has 7 nitrogen and oxygen atoms in total. The number of aliphatic carboxylic acids is 1. The van der Waals surface area contributed by atoms with E-state index in [0.717, 1.165) is 0 Å². The second-order valence-corrected chi connectivity index (χ2v) is 5.70. The van der Waals surface area contributed by atoms with Crippen LogP contribution >= 0.6 is 0 Å². The first-order valence-corrected chi connectivity index (χ1v) is 6.87. The lowest BCUT2D eigenvalue weighted by Crippen LogP contribution is -2.60. The molecule has 0 bridgehead atoms. The number of aliphatic hydroxyl groups is 1. The molecule has 0 aliphatic heterocycles. The number of halogens is 9. The van der Waals surface area contributed by atoms with Gasteiger partial charge in [0.25, 0.3) is 0 Å². The van der Waals surface area contributed by atoms with E-state index in [9.17, 15) is 59.0 Å². The second-order valence-electron chi connectivity index (χ2n) is 5.70. The average Bonchev–Trinajstić information content (AvgIpc) is 2.46. The standard InChI is InChI=1S/C12H9F9O7/c13-10(14,15)3-1-9(26,6(22)23)2-4(27-7(24)11(16,17)18)5(3)28-8(25)12(19,20)21/h3-5,26H,1-2H2,(H,22,23)/t3-,4-,5-,9+/m1/s1. The highest BCUT2D eigenvalue weighted by molar-refractivity contribution is 5.79. The molecule has 0 radical (unpaired) electrons. The summed E-state index contributed by atoms with van der Waals surface area (Å²) in [6.07, 6.45) is -27.1. The minimum Gasteiger partial charge on any atom is -0.479 e. The van der Waals surface area contributed by atoms with Gasteiger partial charge in [-0.25, -0.2) is 14.4 Å². The molecular weight excluding hydrogens is 427 g/mol. The maximum Gasteiger partial charge on any atom is 0.490 e. The van der Waals surface area contributed by atoms with Crippen molar-refractivity contribution in [3.8, 4) is 0 Å². The van der Waals surface area contributed by atoms with E-state index in [2.05, 4.69) is 9.47 Å². The molecule has 0 aromatic heterocycles. The Balaban J connectivity index is 3.39. The highest BCUT2D eigenvalue weighted by atomic mass is 19.4. The zero-order valence-corrected chi connectivity index (χ0v) is 13.0. The highest BCUT2D eigenvalue weighted by Crippen LogP contribution is 2.45. The van der Waals surface area contributed by atoms with Crippen LogP contribution in [0.5, 0.6) is 0 Å². The number of carboxylic acid groups (broad SMARTS) is 1. The van der Waals surface area contributed by atoms with Gasteiger partial charge in [-0.2, -0.15) is 39.5 Å².